The molecule has 0 aliphatic heterocycles. The van der Waals surface area contributed by atoms with Gasteiger partial charge in [0.15, 0.2) is 0 Å². The first-order valence-corrected chi connectivity index (χ1v) is 14.3. The zero-order valence-corrected chi connectivity index (χ0v) is 24.2. The molecule has 192 valence electrons. The van der Waals surface area contributed by atoms with E-state index in [2.05, 4.69) is 84.9 Å². The van der Waals surface area contributed by atoms with E-state index in [9.17, 15) is 0 Å². The molecular formula is C36H22Cl4+2. The summed E-state index contributed by atoms with van der Waals surface area (Å²) in [5.74, 6) is 2.19. The molecule has 6 aromatic carbocycles. The first-order chi connectivity index (χ1) is 19.5. The Kier molecular flexibility index (Phi) is 7.69. The molecule has 0 radical (unpaired) electrons. The van der Waals surface area contributed by atoms with E-state index < -0.39 is 0 Å². The van der Waals surface area contributed by atoms with Gasteiger partial charge in [-0.3, -0.25) is 0 Å². The van der Waals surface area contributed by atoms with Crippen LogP contribution >= 0.6 is 46.4 Å². The van der Waals surface area contributed by atoms with Crippen molar-refractivity contribution in [2.75, 3.05) is 0 Å². The largest absolute Gasteiger partial charge is 0.0833 e. The molecule has 6 aromatic rings. The summed E-state index contributed by atoms with van der Waals surface area (Å²) in [6.07, 6.45) is 0. The Morgan fingerprint density at radius 3 is 0.875 bits per heavy atom. The van der Waals surface area contributed by atoms with Crippen molar-refractivity contribution in [3.63, 3.8) is 0 Å². The lowest BCUT2D eigenvalue weighted by Crippen LogP contribution is -2.10. The van der Waals surface area contributed by atoms with E-state index in [0.29, 0.717) is 20.1 Å². The minimum absolute atomic E-state index is 0.693. The lowest BCUT2D eigenvalue weighted by Gasteiger charge is -2.20. The Balaban J connectivity index is 1.65. The van der Waals surface area contributed by atoms with Gasteiger partial charge in [-0.25, -0.2) is 0 Å². The average molecular weight is 596 g/mol. The van der Waals surface area contributed by atoms with Crippen LogP contribution in [0, 0.1) is 11.8 Å². The molecular weight excluding hydrogens is 574 g/mol. The Labute approximate surface area is 254 Å². The van der Waals surface area contributed by atoms with Gasteiger partial charge in [0, 0.05) is 5.39 Å². The summed E-state index contributed by atoms with van der Waals surface area (Å²) in [4.78, 5) is 0. The van der Waals surface area contributed by atoms with Gasteiger partial charge in [0.2, 0.25) is 0 Å². The fraction of sp³-hybridized carbons (Fsp3) is 0. The summed E-state index contributed by atoms with van der Waals surface area (Å²) in [5, 5.41) is 5.05. The van der Waals surface area contributed by atoms with E-state index in [1.54, 1.807) is 0 Å². The molecule has 6 rings (SSSR count). The van der Waals surface area contributed by atoms with Crippen molar-refractivity contribution in [3.05, 3.63) is 199 Å². The van der Waals surface area contributed by atoms with Gasteiger partial charge in [0.05, 0.1) is 70.7 Å². The van der Waals surface area contributed by atoms with Crippen LogP contribution in [0.15, 0.2) is 133 Å². The van der Waals surface area contributed by atoms with Crippen molar-refractivity contribution < 1.29 is 0 Å². The van der Waals surface area contributed by atoms with Crippen LogP contribution in [-0.2, 0) is 0 Å². The van der Waals surface area contributed by atoms with E-state index in [4.69, 9.17) is 46.4 Å². The van der Waals surface area contributed by atoms with Crippen LogP contribution in [0.25, 0.3) is 10.8 Å². The van der Waals surface area contributed by atoms with Crippen LogP contribution in [0.2, 0.25) is 20.1 Å². The van der Waals surface area contributed by atoms with Crippen molar-refractivity contribution >= 4 is 57.2 Å². The third-order valence-electron chi connectivity index (χ3n) is 6.97. The predicted octanol–water partition coefficient (Wildman–Crippen LogP) is 11.5. The van der Waals surface area contributed by atoms with Crippen molar-refractivity contribution in [3.8, 4) is 0 Å². The van der Waals surface area contributed by atoms with Crippen molar-refractivity contribution in [1.29, 1.82) is 0 Å². The molecule has 0 aliphatic carbocycles. The average Bonchev–Trinajstić information content (AvgIpc) is 2.97. The van der Waals surface area contributed by atoms with Crippen molar-refractivity contribution in [2.24, 2.45) is 0 Å². The number of rotatable bonds is 6. The van der Waals surface area contributed by atoms with Gasteiger partial charge in [-0.05, 0) is 133 Å². The molecule has 0 nitrogen and oxygen atoms in total. The van der Waals surface area contributed by atoms with Gasteiger partial charge >= 0.3 is 0 Å². The summed E-state index contributed by atoms with van der Waals surface area (Å²) in [5.41, 5.74) is 6.47. The maximum atomic E-state index is 6.30. The SMILES string of the molecule is Clc1ccc([C+](c2ccc(Cl)cc2)c2cccc3cccc([C+](c4ccc(Cl)cc4)c4ccc(Cl)cc4)c23)cc1. The molecule has 0 unspecified atom stereocenters. The molecule has 0 fully saturated rings. The van der Waals surface area contributed by atoms with Crippen molar-refractivity contribution in [1.82, 2.24) is 0 Å². The van der Waals surface area contributed by atoms with Gasteiger partial charge in [-0.15, -0.1) is 0 Å². The monoisotopic (exact) mass is 594 g/mol. The topological polar surface area (TPSA) is 0 Å². The second-order valence-electron chi connectivity index (χ2n) is 9.49. The minimum atomic E-state index is 0.693. The summed E-state index contributed by atoms with van der Waals surface area (Å²) < 4.78 is 0. The van der Waals surface area contributed by atoms with Crippen molar-refractivity contribution in [2.45, 2.75) is 0 Å². The highest BCUT2D eigenvalue weighted by Gasteiger charge is 2.31. The van der Waals surface area contributed by atoms with Gasteiger partial charge in [0.1, 0.15) is 0 Å². The van der Waals surface area contributed by atoms with Crippen LogP contribution < -0.4 is 0 Å². The molecule has 0 heterocycles. The standard InChI is InChI=1S/C36H22Cl4/c37-28-15-7-24(8-16-28)34(25-9-17-29(38)18-10-25)32-5-1-3-23-4-2-6-33(36(23)32)35(26-11-19-30(39)20-12-26)27-13-21-31(40)22-14-27/h1-22H/q+2. The van der Waals surface area contributed by atoms with Crippen LogP contribution in [0.3, 0.4) is 0 Å². The number of benzene rings is 6. The smallest absolute Gasteiger partial charge is 0.0639 e. The predicted molar refractivity (Wildman–Crippen MR) is 171 cm³/mol. The van der Waals surface area contributed by atoms with E-state index in [0.717, 1.165) is 56.0 Å². The fourth-order valence-corrected chi connectivity index (χ4v) is 5.68. The van der Waals surface area contributed by atoms with Crippen LogP contribution in [0.1, 0.15) is 33.4 Å². The van der Waals surface area contributed by atoms with E-state index in [1.807, 2.05) is 48.5 Å². The molecule has 0 N–H and O–H groups in total. The highest BCUT2D eigenvalue weighted by molar-refractivity contribution is 6.31. The molecule has 0 aliphatic rings. The van der Waals surface area contributed by atoms with E-state index >= 15 is 0 Å². The lowest BCUT2D eigenvalue weighted by molar-refractivity contribution is 1.22. The van der Waals surface area contributed by atoms with E-state index in [1.165, 1.54) is 0 Å². The lowest BCUT2D eigenvalue weighted by atomic mass is 9.77. The summed E-state index contributed by atoms with van der Waals surface area (Å²) in [6, 6.07) is 44.9. The maximum Gasteiger partial charge on any atom is 0.0639 e. The first-order valence-electron chi connectivity index (χ1n) is 12.8. The summed E-state index contributed by atoms with van der Waals surface area (Å²) in [6.45, 7) is 0. The fourth-order valence-electron chi connectivity index (χ4n) is 5.18. The molecule has 0 aromatic heterocycles. The third-order valence-corrected chi connectivity index (χ3v) is 7.98. The highest BCUT2D eigenvalue weighted by atomic mass is 35.5. The molecule has 0 atom stereocenters. The quantitative estimate of drug-likeness (QED) is 0.133. The Hall–Kier alpha value is -3.52. The molecule has 0 saturated heterocycles. The number of hydrogen-bond acceptors (Lipinski definition) is 0. The number of halogens is 4. The number of hydrogen-bond donors (Lipinski definition) is 0. The zero-order valence-electron chi connectivity index (χ0n) is 21.2. The Morgan fingerprint density at radius 1 is 0.325 bits per heavy atom. The second-order valence-corrected chi connectivity index (χ2v) is 11.2. The second kappa shape index (κ2) is 11.5. The van der Waals surface area contributed by atoms with Crippen LogP contribution in [0.5, 0.6) is 0 Å². The normalized spacial score (nSPS) is 11.0. The van der Waals surface area contributed by atoms with Crippen LogP contribution in [-0.4, -0.2) is 0 Å². The highest BCUT2D eigenvalue weighted by Crippen LogP contribution is 2.42. The molecule has 4 heteroatoms. The first kappa shape index (κ1) is 26.7. The van der Waals surface area contributed by atoms with Crippen LogP contribution in [0.4, 0.5) is 0 Å². The summed E-state index contributed by atoms with van der Waals surface area (Å²) >= 11 is 25.2. The molecule has 0 saturated carbocycles. The van der Waals surface area contributed by atoms with E-state index in [-0.39, 0.29) is 0 Å². The molecule has 0 spiro atoms. The van der Waals surface area contributed by atoms with Gasteiger partial charge in [0.25, 0.3) is 0 Å². The Morgan fingerprint density at radius 2 is 0.600 bits per heavy atom. The minimum Gasteiger partial charge on any atom is -0.0833 e. The number of fused-ring (bicyclic) bond motifs is 1. The molecule has 0 amide bonds. The third kappa shape index (κ3) is 5.42. The van der Waals surface area contributed by atoms with Gasteiger partial charge in [-0.1, -0.05) is 46.4 Å². The van der Waals surface area contributed by atoms with Gasteiger partial charge < -0.3 is 0 Å². The maximum absolute atomic E-state index is 6.30. The molecule has 40 heavy (non-hydrogen) atoms. The molecule has 0 bridgehead atoms. The summed E-state index contributed by atoms with van der Waals surface area (Å²) in [7, 11) is 0. The van der Waals surface area contributed by atoms with Gasteiger partial charge in [-0.2, -0.15) is 0 Å². The Bertz CT molecular complexity index is 1530. The zero-order chi connectivity index (χ0) is 27.6.